The van der Waals surface area contributed by atoms with E-state index in [-0.39, 0.29) is 0 Å². The quantitative estimate of drug-likeness (QED) is 0.281. The maximum atomic E-state index is 5.05. The van der Waals surface area contributed by atoms with Crippen molar-refractivity contribution < 1.29 is 0 Å². The predicted octanol–water partition coefficient (Wildman–Crippen LogP) is 7.36. The van der Waals surface area contributed by atoms with Crippen molar-refractivity contribution in [3.8, 4) is 11.3 Å². The molecule has 6 rings (SSSR count). The molecule has 1 nitrogen and oxygen atoms in total. The van der Waals surface area contributed by atoms with Gasteiger partial charge in [-0.05, 0) is 50.5 Å². The van der Waals surface area contributed by atoms with Crippen molar-refractivity contribution in [3.63, 3.8) is 0 Å². The zero-order chi connectivity index (χ0) is 18.5. The number of benzene rings is 5. The molecule has 0 atom stereocenters. The lowest BCUT2D eigenvalue weighted by Crippen LogP contribution is -1.89. The van der Waals surface area contributed by atoms with Gasteiger partial charge in [-0.3, -0.25) is 0 Å². The molecule has 1 heteroatoms. The third-order valence-corrected chi connectivity index (χ3v) is 5.64. The summed E-state index contributed by atoms with van der Waals surface area (Å²) in [6.07, 6.45) is 0. The van der Waals surface area contributed by atoms with Gasteiger partial charge in [0, 0.05) is 10.9 Å². The third-order valence-electron chi connectivity index (χ3n) is 5.64. The Hall–Kier alpha value is -3.71. The van der Waals surface area contributed by atoms with Gasteiger partial charge in [0.25, 0.3) is 0 Å². The summed E-state index contributed by atoms with van der Waals surface area (Å²) in [6.45, 7) is 0. The Morgan fingerprint density at radius 2 is 1.07 bits per heavy atom. The molecule has 0 saturated heterocycles. The largest absolute Gasteiger partial charge is 0.248 e. The number of pyridine rings is 1. The Bertz CT molecular complexity index is 1510. The van der Waals surface area contributed by atoms with Crippen LogP contribution in [0.2, 0.25) is 0 Å². The molecule has 28 heavy (non-hydrogen) atoms. The van der Waals surface area contributed by atoms with Crippen molar-refractivity contribution in [2.75, 3.05) is 0 Å². The van der Waals surface area contributed by atoms with Gasteiger partial charge in [-0.1, -0.05) is 84.9 Å². The molecule has 130 valence electrons. The van der Waals surface area contributed by atoms with E-state index >= 15 is 0 Å². The van der Waals surface area contributed by atoms with Crippen LogP contribution >= 0.6 is 0 Å². The van der Waals surface area contributed by atoms with Gasteiger partial charge >= 0.3 is 0 Å². The molecule has 0 amide bonds. The third kappa shape index (κ3) is 2.23. The normalized spacial score (nSPS) is 11.6. The first-order valence-electron chi connectivity index (χ1n) is 9.58. The van der Waals surface area contributed by atoms with Crippen LogP contribution in [0, 0.1) is 0 Å². The average molecular weight is 355 g/mol. The molecule has 0 aliphatic rings. The van der Waals surface area contributed by atoms with Gasteiger partial charge in [-0.25, -0.2) is 4.98 Å². The minimum atomic E-state index is 1.02. The van der Waals surface area contributed by atoms with E-state index < -0.39 is 0 Å². The van der Waals surface area contributed by atoms with Gasteiger partial charge in [-0.2, -0.15) is 0 Å². The van der Waals surface area contributed by atoms with Crippen molar-refractivity contribution in [1.29, 1.82) is 0 Å². The van der Waals surface area contributed by atoms with Gasteiger partial charge in [0.15, 0.2) is 0 Å². The summed E-state index contributed by atoms with van der Waals surface area (Å²) in [4.78, 5) is 5.05. The van der Waals surface area contributed by atoms with Gasteiger partial charge < -0.3 is 0 Å². The SMILES string of the molecule is c1ccc2c(c1)ccc1nc(-c3cc4ccccc4c4ccccc34)ccc12. The number of aromatic nitrogens is 1. The fraction of sp³-hybridized carbons (Fsp3) is 0. The number of fused-ring (bicyclic) bond motifs is 6. The number of hydrogen-bond donors (Lipinski definition) is 0. The molecule has 0 bridgehead atoms. The molecule has 1 heterocycles. The van der Waals surface area contributed by atoms with Crippen LogP contribution < -0.4 is 0 Å². The molecule has 0 fully saturated rings. The zero-order valence-corrected chi connectivity index (χ0v) is 15.3. The summed E-state index contributed by atoms with van der Waals surface area (Å²) in [5.74, 6) is 0. The molecule has 0 aliphatic heterocycles. The smallest absolute Gasteiger partial charge is 0.0716 e. The van der Waals surface area contributed by atoms with Crippen LogP contribution in [0.25, 0.3) is 54.5 Å². The number of rotatable bonds is 1. The lowest BCUT2D eigenvalue weighted by molar-refractivity contribution is 1.42. The predicted molar refractivity (Wildman–Crippen MR) is 120 cm³/mol. The van der Waals surface area contributed by atoms with Crippen LogP contribution in [0.3, 0.4) is 0 Å². The van der Waals surface area contributed by atoms with Gasteiger partial charge in [0.2, 0.25) is 0 Å². The van der Waals surface area contributed by atoms with Crippen LogP contribution in [-0.2, 0) is 0 Å². The minimum absolute atomic E-state index is 1.02. The molecule has 6 aromatic rings. The summed E-state index contributed by atoms with van der Waals surface area (Å²) in [5.41, 5.74) is 3.24. The summed E-state index contributed by atoms with van der Waals surface area (Å²) in [5, 5.41) is 8.75. The molecule has 1 aromatic heterocycles. The Balaban J connectivity index is 1.68. The van der Waals surface area contributed by atoms with Crippen molar-refractivity contribution in [1.82, 2.24) is 4.98 Å². The molecular formula is C27H17N. The topological polar surface area (TPSA) is 12.9 Å². The molecule has 0 radical (unpaired) electrons. The maximum Gasteiger partial charge on any atom is 0.0716 e. The van der Waals surface area contributed by atoms with Crippen LogP contribution in [0.5, 0.6) is 0 Å². The molecule has 0 saturated carbocycles. The van der Waals surface area contributed by atoms with Crippen LogP contribution in [0.1, 0.15) is 0 Å². The highest BCUT2D eigenvalue weighted by Crippen LogP contribution is 2.35. The first kappa shape index (κ1) is 15.4. The van der Waals surface area contributed by atoms with Crippen molar-refractivity contribution in [2.45, 2.75) is 0 Å². The Labute approximate surface area is 162 Å². The summed E-state index contributed by atoms with van der Waals surface area (Å²) < 4.78 is 0. The Morgan fingerprint density at radius 1 is 0.429 bits per heavy atom. The van der Waals surface area contributed by atoms with Gasteiger partial charge in [-0.15, -0.1) is 0 Å². The molecule has 0 aliphatic carbocycles. The highest BCUT2D eigenvalue weighted by Gasteiger charge is 2.10. The lowest BCUT2D eigenvalue weighted by atomic mass is 9.95. The van der Waals surface area contributed by atoms with Gasteiger partial charge in [0.1, 0.15) is 0 Å². The van der Waals surface area contributed by atoms with E-state index in [4.69, 9.17) is 4.98 Å². The van der Waals surface area contributed by atoms with Gasteiger partial charge in [0.05, 0.1) is 11.2 Å². The van der Waals surface area contributed by atoms with Crippen LogP contribution in [0.15, 0.2) is 103 Å². The standard InChI is InChI=1S/C27H17N/c1-3-9-20-18(7-1)13-15-26-24(20)14-16-27(28-26)25-17-19-8-2-4-10-21(19)22-11-5-6-12-23(22)25/h1-17H. The second kappa shape index (κ2) is 5.90. The monoisotopic (exact) mass is 355 g/mol. The molecular weight excluding hydrogens is 338 g/mol. The number of hydrogen-bond acceptors (Lipinski definition) is 1. The Kier molecular flexibility index (Phi) is 3.24. The first-order chi connectivity index (χ1) is 13.9. The van der Waals surface area contributed by atoms with Crippen molar-refractivity contribution in [3.05, 3.63) is 103 Å². The summed E-state index contributed by atoms with van der Waals surface area (Å²) in [6, 6.07) is 36.6. The highest BCUT2D eigenvalue weighted by molar-refractivity contribution is 6.14. The summed E-state index contributed by atoms with van der Waals surface area (Å²) >= 11 is 0. The fourth-order valence-corrected chi connectivity index (χ4v) is 4.30. The van der Waals surface area contributed by atoms with E-state index in [2.05, 4.69) is 103 Å². The van der Waals surface area contributed by atoms with E-state index in [1.54, 1.807) is 0 Å². The van der Waals surface area contributed by atoms with E-state index in [0.29, 0.717) is 0 Å². The zero-order valence-electron chi connectivity index (χ0n) is 15.3. The molecule has 0 unspecified atom stereocenters. The van der Waals surface area contributed by atoms with Crippen LogP contribution in [0.4, 0.5) is 0 Å². The summed E-state index contributed by atoms with van der Waals surface area (Å²) in [7, 11) is 0. The lowest BCUT2D eigenvalue weighted by Gasteiger charge is -2.11. The molecule has 0 N–H and O–H groups in total. The highest BCUT2D eigenvalue weighted by atomic mass is 14.7. The maximum absolute atomic E-state index is 5.05. The number of nitrogens with zero attached hydrogens (tertiary/aromatic N) is 1. The van der Waals surface area contributed by atoms with E-state index in [1.807, 2.05) is 0 Å². The van der Waals surface area contributed by atoms with Crippen LogP contribution in [-0.4, -0.2) is 4.98 Å². The van der Waals surface area contributed by atoms with E-state index in [1.165, 1.54) is 43.3 Å². The fourth-order valence-electron chi connectivity index (χ4n) is 4.30. The van der Waals surface area contributed by atoms with E-state index in [9.17, 15) is 0 Å². The van der Waals surface area contributed by atoms with Crippen molar-refractivity contribution >= 4 is 43.2 Å². The first-order valence-corrected chi connectivity index (χ1v) is 9.58. The second-order valence-electron chi connectivity index (χ2n) is 7.24. The molecule has 0 spiro atoms. The van der Waals surface area contributed by atoms with Crippen molar-refractivity contribution in [2.24, 2.45) is 0 Å². The van der Waals surface area contributed by atoms with E-state index in [0.717, 1.165) is 11.2 Å². The Morgan fingerprint density at radius 3 is 1.89 bits per heavy atom. The average Bonchev–Trinajstić information content (AvgIpc) is 2.78. The second-order valence-corrected chi connectivity index (χ2v) is 7.24. The minimum Gasteiger partial charge on any atom is -0.248 e. The molecule has 5 aromatic carbocycles.